The fourth-order valence-corrected chi connectivity index (χ4v) is 1.11. The van der Waals surface area contributed by atoms with Crippen molar-refractivity contribution in [2.45, 2.75) is 13.3 Å². The van der Waals surface area contributed by atoms with Crippen molar-refractivity contribution in [1.29, 1.82) is 0 Å². The summed E-state index contributed by atoms with van der Waals surface area (Å²) in [7, 11) is 0. The molecule has 0 unspecified atom stereocenters. The van der Waals surface area contributed by atoms with E-state index >= 15 is 0 Å². The van der Waals surface area contributed by atoms with Gasteiger partial charge < -0.3 is 9.15 Å². The van der Waals surface area contributed by atoms with Gasteiger partial charge >= 0.3 is 5.97 Å². The van der Waals surface area contributed by atoms with Gasteiger partial charge in [0.25, 0.3) is 0 Å². The Labute approximate surface area is 80.9 Å². The molecule has 1 aromatic rings. The Morgan fingerprint density at radius 1 is 1.57 bits per heavy atom. The van der Waals surface area contributed by atoms with E-state index in [2.05, 4.69) is 4.99 Å². The van der Waals surface area contributed by atoms with Crippen molar-refractivity contribution < 1.29 is 13.9 Å². The van der Waals surface area contributed by atoms with E-state index in [4.69, 9.17) is 9.15 Å². The number of hydrogen-bond acceptors (Lipinski definition) is 4. The van der Waals surface area contributed by atoms with Crippen LogP contribution in [-0.4, -0.2) is 11.9 Å². The lowest BCUT2D eigenvalue weighted by Gasteiger charge is -1.90. The summed E-state index contributed by atoms with van der Waals surface area (Å²) >= 11 is 0. The molecule has 14 heavy (non-hydrogen) atoms. The molecule has 0 atom stereocenters. The van der Waals surface area contributed by atoms with Crippen LogP contribution < -0.4 is 0 Å². The van der Waals surface area contributed by atoms with Gasteiger partial charge in [0.2, 0.25) is 0 Å². The number of rotatable bonds is 2. The maximum Gasteiger partial charge on any atom is 0.363 e. The minimum absolute atomic E-state index is 0.289. The largest absolute Gasteiger partial charge is 0.465 e. The van der Waals surface area contributed by atoms with E-state index in [1.807, 2.05) is 6.92 Å². The molecule has 0 saturated carbocycles. The molecule has 0 radical (unpaired) electrons. The van der Waals surface area contributed by atoms with E-state index in [1.54, 1.807) is 18.2 Å². The zero-order valence-corrected chi connectivity index (χ0v) is 7.69. The first-order valence-electron chi connectivity index (χ1n) is 4.34. The minimum Gasteiger partial charge on any atom is -0.465 e. The Morgan fingerprint density at radius 2 is 2.43 bits per heavy atom. The molecule has 0 N–H and O–H groups in total. The molecule has 1 aromatic heterocycles. The Bertz CT molecular complexity index is 401. The van der Waals surface area contributed by atoms with Crippen LogP contribution in [0.5, 0.6) is 0 Å². The van der Waals surface area contributed by atoms with Crippen LogP contribution in [0.3, 0.4) is 0 Å². The predicted octanol–water partition coefficient (Wildman–Crippen LogP) is 1.99. The summed E-state index contributed by atoms with van der Waals surface area (Å²) in [4.78, 5) is 15.2. The lowest BCUT2D eigenvalue weighted by molar-refractivity contribution is -0.130. The Morgan fingerprint density at radius 3 is 3.00 bits per heavy atom. The van der Waals surface area contributed by atoms with Crippen LogP contribution in [0.2, 0.25) is 0 Å². The second-order valence-electron chi connectivity index (χ2n) is 2.79. The van der Waals surface area contributed by atoms with E-state index in [1.165, 1.54) is 6.26 Å². The van der Waals surface area contributed by atoms with Gasteiger partial charge in [-0.1, -0.05) is 6.92 Å². The first kappa shape index (κ1) is 8.74. The van der Waals surface area contributed by atoms with Gasteiger partial charge in [-0.15, -0.1) is 0 Å². The molecule has 2 heterocycles. The summed E-state index contributed by atoms with van der Waals surface area (Å²) in [5.41, 5.74) is 0.289. The van der Waals surface area contributed by atoms with E-state index in [-0.39, 0.29) is 5.70 Å². The highest BCUT2D eigenvalue weighted by Crippen LogP contribution is 2.16. The molecule has 4 heteroatoms. The second-order valence-corrected chi connectivity index (χ2v) is 2.79. The van der Waals surface area contributed by atoms with Gasteiger partial charge in [0.15, 0.2) is 11.6 Å². The maximum absolute atomic E-state index is 11.2. The van der Waals surface area contributed by atoms with E-state index in [0.29, 0.717) is 18.1 Å². The van der Waals surface area contributed by atoms with E-state index in [9.17, 15) is 4.79 Å². The number of cyclic esters (lactones) is 1. The maximum atomic E-state index is 11.2. The Balaban J connectivity index is 2.27. The smallest absolute Gasteiger partial charge is 0.363 e. The van der Waals surface area contributed by atoms with Gasteiger partial charge in [-0.3, -0.25) is 0 Å². The third-order valence-corrected chi connectivity index (χ3v) is 1.79. The van der Waals surface area contributed by atoms with Crippen molar-refractivity contribution in [2.75, 3.05) is 0 Å². The quantitative estimate of drug-likeness (QED) is 0.530. The average molecular weight is 191 g/mol. The summed E-state index contributed by atoms with van der Waals surface area (Å²) in [5.74, 6) is 0.629. The van der Waals surface area contributed by atoms with Crippen LogP contribution in [0.25, 0.3) is 6.08 Å². The van der Waals surface area contributed by atoms with Gasteiger partial charge in [0, 0.05) is 12.5 Å². The molecule has 0 spiro atoms. The van der Waals surface area contributed by atoms with Gasteiger partial charge in [-0.25, -0.2) is 9.79 Å². The van der Waals surface area contributed by atoms with E-state index in [0.717, 1.165) is 0 Å². The molecule has 4 nitrogen and oxygen atoms in total. The summed E-state index contributed by atoms with van der Waals surface area (Å²) in [5, 5.41) is 0. The van der Waals surface area contributed by atoms with Crippen LogP contribution in [0.4, 0.5) is 0 Å². The van der Waals surface area contributed by atoms with Crippen molar-refractivity contribution in [3.8, 4) is 0 Å². The SMILES string of the molecule is CCC1=N/C(=C/c2ccco2)C(=O)O1. The topological polar surface area (TPSA) is 51.8 Å². The number of carbonyl (C=O) groups excluding carboxylic acids is 1. The highest BCUT2D eigenvalue weighted by molar-refractivity contribution is 6.06. The van der Waals surface area contributed by atoms with Crippen LogP contribution >= 0.6 is 0 Å². The number of ether oxygens (including phenoxy) is 1. The van der Waals surface area contributed by atoms with Crippen LogP contribution in [0.1, 0.15) is 19.1 Å². The molecule has 0 bridgehead atoms. The third-order valence-electron chi connectivity index (χ3n) is 1.79. The van der Waals surface area contributed by atoms with Crippen molar-refractivity contribution in [1.82, 2.24) is 0 Å². The molecule has 0 aliphatic carbocycles. The minimum atomic E-state index is -0.418. The molecule has 2 rings (SSSR count). The van der Waals surface area contributed by atoms with E-state index < -0.39 is 5.97 Å². The predicted molar refractivity (Wildman–Crippen MR) is 50.5 cm³/mol. The molecule has 0 saturated heterocycles. The average Bonchev–Trinajstić information content (AvgIpc) is 2.78. The summed E-state index contributed by atoms with van der Waals surface area (Å²) in [6, 6.07) is 3.50. The van der Waals surface area contributed by atoms with Gasteiger partial charge in [0.05, 0.1) is 6.26 Å². The van der Waals surface area contributed by atoms with Gasteiger partial charge in [-0.05, 0) is 12.1 Å². The van der Waals surface area contributed by atoms with Crippen LogP contribution in [0.15, 0.2) is 33.5 Å². The molecular weight excluding hydrogens is 182 g/mol. The summed E-state index contributed by atoms with van der Waals surface area (Å²) in [6.45, 7) is 1.88. The van der Waals surface area contributed by atoms with Crippen molar-refractivity contribution >= 4 is 17.9 Å². The first-order chi connectivity index (χ1) is 6.79. The van der Waals surface area contributed by atoms with Crippen molar-refractivity contribution in [3.05, 3.63) is 29.9 Å². The zero-order chi connectivity index (χ0) is 9.97. The lowest BCUT2D eigenvalue weighted by atomic mass is 10.3. The fraction of sp³-hybridized carbons (Fsp3) is 0.200. The number of carbonyl (C=O) groups is 1. The van der Waals surface area contributed by atoms with Gasteiger partial charge in [0.1, 0.15) is 5.76 Å². The molecule has 0 aromatic carbocycles. The van der Waals surface area contributed by atoms with Gasteiger partial charge in [-0.2, -0.15) is 0 Å². The monoisotopic (exact) mass is 191 g/mol. The number of furan rings is 1. The standard InChI is InChI=1S/C10H9NO3/c1-2-9-11-8(10(12)14-9)6-7-4-3-5-13-7/h3-6H,2H2,1H3/b8-6+. The zero-order valence-electron chi connectivity index (χ0n) is 7.69. The Hall–Kier alpha value is -1.84. The molecule has 0 amide bonds. The van der Waals surface area contributed by atoms with Crippen LogP contribution in [0, 0.1) is 0 Å². The number of aliphatic imine (C=N–C) groups is 1. The number of esters is 1. The first-order valence-corrected chi connectivity index (χ1v) is 4.34. The highest BCUT2D eigenvalue weighted by Gasteiger charge is 2.21. The summed E-state index contributed by atoms with van der Waals surface area (Å²) in [6.07, 6.45) is 3.71. The normalized spacial score (nSPS) is 18.5. The molecule has 72 valence electrons. The van der Waals surface area contributed by atoms with Crippen molar-refractivity contribution in [3.63, 3.8) is 0 Å². The summed E-state index contributed by atoms with van der Waals surface area (Å²) < 4.78 is 9.93. The molecular formula is C10H9NO3. The third kappa shape index (κ3) is 1.59. The second kappa shape index (κ2) is 3.49. The highest BCUT2D eigenvalue weighted by atomic mass is 16.6. The molecule has 1 aliphatic rings. The lowest BCUT2D eigenvalue weighted by Crippen LogP contribution is -2.01. The molecule has 1 aliphatic heterocycles. The van der Waals surface area contributed by atoms with Crippen molar-refractivity contribution in [2.24, 2.45) is 4.99 Å². The number of hydrogen-bond donors (Lipinski definition) is 0. The Kier molecular flexibility index (Phi) is 2.18. The number of nitrogens with zero attached hydrogens (tertiary/aromatic N) is 1. The van der Waals surface area contributed by atoms with Crippen LogP contribution in [-0.2, 0) is 9.53 Å². The molecule has 0 fully saturated rings. The fourth-order valence-electron chi connectivity index (χ4n) is 1.11.